The summed E-state index contributed by atoms with van der Waals surface area (Å²) >= 11 is 3.59. The molecule has 2 N–H and O–H groups in total. The maximum atomic E-state index is 12.9. The van der Waals surface area contributed by atoms with Crippen molar-refractivity contribution in [3.8, 4) is 20.9 Å². The topological polar surface area (TPSA) is 116 Å². The van der Waals surface area contributed by atoms with Crippen LogP contribution in [-0.4, -0.2) is 66.2 Å². The first-order valence-corrected chi connectivity index (χ1v) is 20.3. The number of aromatic nitrogens is 4. The van der Waals surface area contributed by atoms with Crippen molar-refractivity contribution in [3.05, 3.63) is 72.3 Å². The summed E-state index contributed by atoms with van der Waals surface area (Å²) in [5.74, 6) is 1.62. The van der Waals surface area contributed by atoms with E-state index < -0.39 is 11.2 Å². The van der Waals surface area contributed by atoms with Crippen LogP contribution in [-0.2, 0) is 9.47 Å². The fourth-order valence-electron chi connectivity index (χ4n) is 7.72. The van der Waals surface area contributed by atoms with Gasteiger partial charge in [0.25, 0.3) is 0 Å². The highest BCUT2D eigenvalue weighted by molar-refractivity contribution is 7.23. The van der Waals surface area contributed by atoms with Gasteiger partial charge in [-0.05, 0) is 138 Å². The molecule has 2 saturated heterocycles. The van der Waals surface area contributed by atoms with E-state index in [2.05, 4.69) is 70.6 Å². The van der Waals surface area contributed by atoms with Crippen molar-refractivity contribution < 1.29 is 19.1 Å². The van der Waals surface area contributed by atoms with Crippen LogP contribution in [0.3, 0.4) is 0 Å². The molecule has 0 spiro atoms. The Balaban J connectivity index is 0.951. The molecular formula is C42H44N6O4S2. The number of likely N-dealkylation sites (tertiary alicyclic amines) is 2. The highest BCUT2D eigenvalue weighted by atomic mass is 32.1. The third kappa shape index (κ3) is 6.59. The smallest absolute Gasteiger partial charge is 0.410 e. The Kier molecular flexibility index (Phi) is 8.27. The summed E-state index contributed by atoms with van der Waals surface area (Å²) in [7, 11) is 0. The quantitative estimate of drug-likeness (QED) is 0.184. The Hall–Kier alpha value is -4.94. The number of nitrogens with zero attached hydrogens (tertiary/aromatic N) is 4. The number of amides is 2. The molecule has 2 aliphatic heterocycles. The van der Waals surface area contributed by atoms with Crippen LogP contribution in [0.2, 0.25) is 0 Å². The molecular weight excluding hydrogens is 717 g/mol. The number of fused-ring (bicyclic) bond motifs is 4. The zero-order valence-corrected chi connectivity index (χ0v) is 33.0. The monoisotopic (exact) mass is 760 g/mol. The van der Waals surface area contributed by atoms with Gasteiger partial charge in [-0.3, -0.25) is 9.80 Å². The highest BCUT2D eigenvalue weighted by Crippen LogP contribution is 2.42. The molecule has 6 heterocycles. The highest BCUT2D eigenvalue weighted by Gasteiger charge is 2.36. The molecule has 9 rings (SSSR count). The zero-order valence-electron chi connectivity index (χ0n) is 31.4. The number of rotatable bonds is 4. The van der Waals surface area contributed by atoms with Gasteiger partial charge in [0.15, 0.2) is 0 Å². The Morgan fingerprint density at radius 3 is 1.48 bits per heavy atom. The van der Waals surface area contributed by atoms with Crippen molar-refractivity contribution in [3.63, 3.8) is 0 Å². The molecule has 2 fully saturated rings. The number of hydrogen-bond acceptors (Lipinski definition) is 8. The van der Waals surface area contributed by atoms with Crippen molar-refractivity contribution in [1.29, 1.82) is 0 Å². The van der Waals surface area contributed by atoms with Gasteiger partial charge in [0, 0.05) is 32.2 Å². The van der Waals surface area contributed by atoms with Gasteiger partial charge in [-0.1, -0.05) is 12.1 Å². The normalized spacial score (nSPS) is 18.2. The van der Waals surface area contributed by atoms with E-state index in [1.165, 1.54) is 29.9 Å². The number of H-pyrrole nitrogens is 2. The molecule has 0 unspecified atom stereocenters. The summed E-state index contributed by atoms with van der Waals surface area (Å²) in [6.45, 7) is 12.7. The van der Waals surface area contributed by atoms with Crippen LogP contribution in [0.4, 0.5) is 9.59 Å². The fraction of sp³-hybridized carbons (Fsp3) is 0.381. The third-order valence-corrected chi connectivity index (χ3v) is 12.4. The Bertz CT molecular complexity index is 2360. The SMILES string of the molecule is CC(C)(C)OC(=O)N1CCC[C@H]1c1nc2ccc(-c3cc4cc5sc(-c6ccc7nc([C@@H]8CCCN8C(=O)OC(C)(C)C)[nH]c7c6)cc5cc4s3)cc2[nH]1. The predicted octanol–water partition coefficient (Wildman–Crippen LogP) is 11.3. The Morgan fingerprint density at radius 2 is 1.07 bits per heavy atom. The standard InChI is InChI=1S/C42H44N6O4S2/c1-41(2,3)51-39(49)47-15-7-9-31(47)37-43-27-13-11-23(17-29(27)45-37)33-19-25-21-36-26(22-35(25)53-33)20-34(54-36)24-12-14-28-30(18-24)46-38(44-28)32-10-8-16-48(32)40(50)52-42(4,5)6/h11-14,17-22,31-32H,7-10,15-16H2,1-6H3,(H,43,45)(H,44,46)/t31-,32-/m0/s1. The number of carbonyl (C=O) groups is 2. The summed E-state index contributed by atoms with van der Waals surface area (Å²) in [4.78, 5) is 48.7. The van der Waals surface area contributed by atoms with Gasteiger partial charge in [0.05, 0.1) is 34.2 Å². The van der Waals surface area contributed by atoms with Crippen molar-refractivity contribution in [1.82, 2.24) is 29.7 Å². The minimum Gasteiger partial charge on any atom is -0.444 e. The lowest BCUT2D eigenvalue weighted by Gasteiger charge is -2.27. The van der Waals surface area contributed by atoms with Gasteiger partial charge in [0.2, 0.25) is 0 Å². The van der Waals surface area contributed by atoms with E-state index >= 15 is 0 Å². The predicted molar refractivity (Wildman–Crippen MR) is 217 cm³/mol. The number of nitrogens with one attached hydrogen (secondary N) is 2. The van der Waals surface area contributed by atoms with E-state index in [1.54, 1.807) is 32.5 Å². The summed E-state index contributed by atoms with van der Waals surface area (Å²) < 4.78 is 13.9. The molecule has 2 amide bonds. The average Bonchev–Trinajstić information content (AvgIpc) is 3.95. The first-order valence-electron chi connectivity index (χ1n) is 18.7. The van der Waals surface area contributed by atoms with E-state index in [-0.39, 0.29) is 24.3 Å². The van der Waals surface area contributed by atoms with E-state index in [9.17, 15) is 9.59 Å². The first-order chi connectivity index (χ1) is 25.7. The van der Waals surface area contributed by atoms with Gasteiger partial charge in [-0.2, -0.15) is 0 Å². The van der Waals surface area contributed by atoms with E-state index in [4.69, 9.17) is 19.4 Å². The van der Waals surface area contributed by atoms with Crippen LogP contribution in [0.15, 0.2) is 60.7 Å². The second kappa shape index (κ2) is 12.8. The van der Waals surface area contributed by atoms with Crippen molar-refractivity contribution >= 4 is 77.1 Å². The van der Waals surface area contributed by atoms with E-state index in [1.807, 2.05) is 41.5 Å². The minimum atomic E-state index is -0.541. The van der Waals surface area contributed by atoms with Crippen LogP contribution in [0.1, 0.15) is 91.0 Å². The van der Waals surface area contributed by atoms with E-state index in [0.29, 0.717) is 13.1 Å². The molecule has 0 radical (unpaired) electrons. The van der Waals surface area contributed by atoms with Gasteiger partial charge < -0.3 is 19.4 Å². The fourth-order valence-corrected chi connectivity index (χ4v) is 9.90. The average molecular weight is 761 g/mol. The molecule has 0 aliphatic carbocycles. The first kappa shape index (κ1) is 34.8. The maximum Gasteiger partial charge on any atom is 0.410 e. The molecule has 0 saturated carbocycles. The molecule has 2 atom stereocenters. The summed E-state index contributed by atoms with van der Waals surface area (Å²) in [5.41, 5.74) is 4.91. The molecule has 54 heavy (non-hydrogen) atoms. The third-order valence-electron chi connectivity index (χ3n) is 10.1. The van der Waals surface area contributed by atoms with Gasteiger partial charge in [-0.15, -0.1) is 22.7 Å². The van der Waals surface area contributed by atoms with Crippen LogP contribution >= 0.6 is 22.7 Å². The van der Waals surface area contributed by atoms with E-state index in [0.717, 1.165) is 70.5 Å². The summed E-state index contributed by atoms with van der Waals surface area (Å²) in [6, 6.07) is 21.7. The molecule has 4 aromatic heterocycles. The molecule has 7 aromatic rings. The number of hydrogen-bond donors (Lipinski definition) is 2. The van der Waals surface area contributed by atoms with Crippen LogP contribution in [0.25, 0.3) is 63.1 Å². The second-order valence-corrected chi connectivity index (χ2v) is 18.7. The van der Waals surface area contributed by atoms with Crippen LogP contribution in [0, 0.1) is 0 Å². The van der Waals surface area contributed by atoms with Gasteiger partial charge in [0.1, 0.15) is 22.9 Å². The molecule has 12 heteroatoms. The summed E-state index contributed by atoms with van der Waals surface area (Å²) in [6.07, 6.45) is 2.99. The maximum absolute atomic E-state index is 12.9. The number of carbonyl (C=O) groups excluding carboxylic acids is 2. The van der Waals surface area contributed by atoms with Gasteiger partial charge >= 0.3 is 12.2 Å². The molecule has 10 nitrogen and oxygen atoms in total. The largest absolute Gasteiger partial charge is 0.444 e. The number of imidazole rings is 2. The van der Waals surface area contributed by atoms with Crippen LogP contribution < -0.4 is 0 Å². The zero-order chi connectivity index (χ0) is 37.5. The molecule has 278 valence electrons. The molecule has 0 bridgehead atoms. The lowest BCUT2D eigenvalue weighted by Crippen LogP contribution is -2.36. The Labute approximate surface area is 321 Å². The lowest BCUT2D eigenvalue weighted by atomic mass is 10.1. The van der Waals surface area contributed by atoms with Crippen LogP contribution in [0.5, 0.6) is 0 Å². The lowest BCUT2D eigenvalue weighted by molar-refractivity contribution is 0.0208. The summed E-state index contributed by atoms with van der Waals surface area (Å²) in [5, 5.41) is 2.44. The molecule has 3 aromatic carbocycles. The number of benzene rings is 3. The van der Waals surface area contributed by atoms with Crippen molar-refractivity contribution in [2.75, 3.05) is 13.1 Å². The second-order valence-electron chi connectivity index (χ2n) is 16.5. The van der Waals surface area contributed by atoms with Crippen molar-refractivity contribution in [2.24, 2.45) is 0 Å². The number of thiophene rings is 2. The number of aromatic amines is 2. The van der Waals surface area contributed by atoms with Crippen molar-refractivity contribution in [2.45, 2.75) is 90.5 Å². The molecule has 2 aliphatic rings. The number of ether oxygens (including phenoxy) is 2. The minimum absolute atomic E-state index is 0.120. The van der Waals surface area contributed by atoms with Gasteiger partial charge in [-0.25, -0.2) is 19.6 Å². The Morgan fingerprint density at radius 1 is 0.648 bits per heavy atom.